The zero-order valence-corrected chi connectivity index (χ0v) is 17.6. The molecule has 0 unspecified atom stereocenters. The molecule has 2 bridgehead atoms. The molecule has 2 aromatic carbocycles. The van der Waals surface area contributed by atoms with Crippen LogP contribution in [0, 0.1) is 0 Å². The fraction of sp³-hybridized carbons (Fsp3) is 0.292. The van der Waals surface area contributed by atoms with Gasteiger partial charge in [0, 0.05) is 28.7 Å². The molecular weight excluding hydrogens is 414 g/mol. The highest BCUT2D eigenvalue weighted by Gasteiger charge is 2.41. The van der Waals surface area contributed by atoms with Crippen molar-refractivity contribution in [2.75, 3.05) is 13.7 Å². The maximum Gasteiger partial charge on any atom is 0.335 e. The van der Waals surface area contributed by atoms with Crippen LogP contribution in [0.2, 0.25) is 0 Å². The number of nitrogens with zero attached hydrogens (tertiary/aromatic N) is 1. The van der Waals surface area contributed by atoms with Gasteiger partial charge in [-0.1, -0.05) is 82.7 Å². The van der Waals surface area contributed by atoms with Crippen LogP contribution in [0.25, 0.3) is 5.57 Å². The Morgan fingerprint density at radius 3 is 2.21 bits per heavy atom. The number of carbonyl (C=O) groups excluding carboxylic acids is 1. The first-order valence-electron chi connectivity index (χ1n) is 9.72. The Hall–Kier alpha value is -2.17. The Bertz CT molecular complexity index is 863. The van der Waals surface area contributed by atoms with Crippen molar-refractivity contribution in [2.24, 2.45) is 0 Å². The van der Waals surface area contributed by atoms with Gasteiger partial charge in [-0.25, -0.2) is 4.79 Å². The number of hydrogen-bond donors (Lipinski definition) is 0. The highest BCUT2D eigenvalue weighted by molar-refractivity contribution is 9.11. The SMILES string of the molecule is COC(=O)C1=CC[C@@H]2CC[C@H]1N2CC(Br)=C(c1ccccc1)c1ccccc1. The second kappa shape index (κ2) is 8.46. The van der Waals surface area contributed by atoms with E-state index in [9.17, 15) is 4.79 Å². The van der Waals surface area contributed by atoms with Gasteiger partial charge in [0.25, 0.3) is 0 Å². The molecule has 2 aliphatic heterocycles. The molecule has 0 saturated carbocycles. The fourth-order valence-corrected chi connectivity index (χ4v) is 5.18. The molecular formula is C24H24BrNO2. The van der Waals surface area contributed by atoms with Crippen molar-refractivity contribution in [1.29, 1.82) is 0 Å². The molecule has 1 saturated heterocycles. The summed E-state index contributed by atoms with van der Waals surface area (Å²) in [7, 11) is 1.47. The monoisotopic (exact) mass is 437 g/mol. The predicted octanol–water partition coefficient (Wildman–Crippen LogP) is 5.18. The lowest BCUT2D eigenvalue weighted by molar-refractivity contribution is -0.137. The summed E-state index contributed by atoms with van der Waals surface area (Å²) in [6.45, 7) is 0.781. The van der Waals surface area contributed by atoms with Crippen LogP contribution in [0.15, 0.2) is 76.8 Å². The predicted molar refractivity (Wildman–Crippen MR) is 116 cm³/mol. The summed E-state index contributed by atoms with van der Waals surface area (Å²) in [6.07, 6.45) is 5.12. The van der Waals surface area contributed by atoms with E-state index in [1.54, 1.807) is 0 Å². The van der Waals surface area contributed by atoms with Gasteiger partial charge < -0.3 is 4.74 Å². The molecule has 0 aromatic heterocycles. The summed E-state index contributed by atoms with van der Waals surface area (Å²) in [5, 5.41) is 0. The van der Waals surface area contributed by atoms with Crippen LogP contribution in [-0.2, 0) is 9.53 Å². The first-order valence-corrected chi connectivity index (χ1v) is 10.5. The average Bonchev–Trinajstić information content (AvgIpc) is 2.98. The summed E-state index contributed by atoms with van der Waals surface area (Å²) in [4.78, 5) is 14.7. The van der Waals surface area contributed by atoms with Crippen molar-refractivity contribution in [3.63, 3.8) is 0 Å². The van der Waals surface area contributed by atoms with Gasteiger partial charge in [0.05, 0.1) is 12.7 Å². The molecule has 2 aliphatic rings. The number of rotatable bonds is 5. The van der Waals surface area contributed by atoms with E-state index in [2.05, 4.69) is 75.4 Å². The van der Waals surface area contributed by atoms with E-state index >= 15 is 0 Å². The zero-order chi connectivity index (χ0) is 19.5. The van der Waals surface area contributed by atoms with E-state index in [4.69, 9.17) is 4.74 Å². The first kappa shape index (κ1) is 19.2. The third-order valence-electron chi connectivity index (χ3n) is 5.75. The third kappa shape index (κ3) is 3.71. The van der Waals surface area contributed by atoms with E-state index < -0.39 is 0 Å². The van der Waals surface area contributed by atoms with Gasteiger partial charge in [0.2, 0.25) is 0 Å². The van der Waals surface area contributed by atoms with Crippen molar-refractivity contribution >= 4 is 27.5 Å². The molecule has 144 valence electrons. The Morgan fingerprint density at radius 1 is 1.04 bits per heavy atom. The van der Waals surface area contributed by atoms with Crippen molar-refractivity contribution in [1.82, 2.24) is 4.90 Å². The molecule has 0 aliphatic carbocycles. The Kier molecular flexibility index (Phi) is 5.79. The van der Waals surface area contributed by atoms with E-state index in [0.29, 0.717) is 6.04 Å². The number of esters is 1. The highest BCUT2D eigenvalue weighted by Crippen LogP contribution is 2.39. The number of hydrogen-bond acceptors (Lipinski definition) is 3. The van der Waals surface area contributed by atoms with E-state index in [1.165, 1.54) is 23.8 Å². The molecule has 28 heavy (non-hydrogen) atoms. The average molecular weight is 438 g/mol. The normalized spacial score (nSPS) is 21.1. The molecule has 3 nitrogen and oxygen atoms in total. The lowest BCUT2D eigenvalue weighted by atomic mass is 9.96. The first-order chi connectivity index (χ1) is 13.7. The lowest BCUT2D eigenvalue weighted by Crippen LogP contribution is -2.42. The number of methoxy groups -OCH3 is 1. The van der Waals surface area contributed by atoms with E-state index in [-0.39, 0.29) is 12.0 Å². The number of halogens is 1. The second-order valence-electron chi connectivity index (χ2n) is 7.32. The molecule has 2 heterocycles. The number of ether oxygens (including phenoxy) is 1. The summed E-state index contributed by atoms with van der Waals surface area (Å²) in [5.74, 6) is -0.193. The molecule has 0 spiro atoms. The quantitative estimate of drug-likeness (QED) is 0.603. The van der Waals surface area contributed by atoms with Crippen LogP contribution in [0.5, 0.6) is 0 Å². The van der Waals surface area contributed by atoms with Crippen LogP contribution < -0.4 is 0 Å². The van der Waals surface area contributed by atoms with Gasteiger partial charge in [0.1, 0.15) is 0 Å². The summed E-state index contributed by atoms with van der Waals surface area (Å²) in [5.41, 5.74) is 4.40. The van der Waals surface area contributed by atoms with Gasteiger partial charge in [-0.05, 0) is 30.4 Å². The maximum absolute atomic E-state index is 12.2. The number of carbonyl (C=O) groups is 1. The number of fused-ring (bicyclic) bond motifs is 2. The molecule has 0 amide bonds. The van der Waals surface area contributed by atoms with Gasteiger partial charge in [-0.3, -0.25) is 4.90 Å². The maximum atomic E-state index is 12.2. The fourth-order valence-electron chi connectivity index (χ4n) is 4.43. The molecule has 4 rings (SSSR count). The topological polar surface area (TPSA) is 29.5 Å². The Morgan fingerprint density at radius 2 is 1.64 bits per heavy atom. The van der Waals surface area contributed by atoms with Crippen LogP contribution in [0.4, 0.5) is 0 Å². The van der Waals surface area contributed by atoms with Crippen LogP contribution in [0.3, 0.4) is 0 Å². The van der Waals surface area contributed by atoms with Crippen molar-refractivity contribution in [2.45, 2.75) is 31.3 Å². The minimum absolute atomic E-state index is 0.145. The summed E-state index contributed by atoms with van der Waals surface area (Å²) >= 11 is 3.91. The van der Waals surface area contributed by atoms with Gasteiger partial charge >= 0.3 is 5.97 Å². The molecule has 2 aromatic rings. The molecule has 4 heteroatoms. The van der Waals surface area contributed by atoms with Crippen LogP contribution >= 0.6 is 15.9 Å². The molecule has 0 N–H and O–H groups in total. The van der Waals surface area contributed by atoms with Gasteiger partial charge in [-0.15, -0.1) is 0 Å². The van der Waals surface area contributed by atoms with Gasteiger partial charge in [0.15, 0.2) is 0 Å². The third-order valence-corrected chi connectivity index (χ3v) is 6.40. The van der Waals surface area contributed by atoms with Crippen LogP contribution in [0.1, 0.15) is 30.4 Å². The molecule has 2 atom stereocenters. The smallest absolute Gasteiger partial charge is 0.335 e. The van der Waals surface area contributed by atoms with Gasteiger partial charge in [-0.2, -0.15) is 0 Å². The highest BCUT2D eigenvalue weighted by atomic mass is 79.9. The Labute approximate surface area is 174 Å². The Balaban J connectivity index is 1.69. The van der Waals surface area contributed by atoms with E-state index in [0.717, 1.165) is 35.9 Å². The van der Waals surface area contributed by atoms with Crippen molar-refractivity contribution in [3.8, 4) is 0 Å². The minimum atomic E-state index is -0.193. The van der Waals surface area contributed by atoms with Crippen LogP contribution in [-0.4, -0.2) is 36.6 Å². The summed E-state index contributed by atoms with van der Waals surface area (Å²) in [6, 6.07) is 21.6. The summed E-state index contributed by atoms with van der Waals surface area (Å²) < 4.78 is 6.17. The van der Waals surface area contributed by atoms with Crippen molar-refractivity contribution < 1.29 is 9.53 Å². The number of benzene rings is 2. The molecule has 1 fully saturated rings. The standard InChI is InChI=1S/C24H24BrNO2/c1-28-24(27)20-14-12-19-13-15-22(20)26(19)16-21(25)23(17-8-4-2-5-9-17)18-10-6-3-7-11-18/h2-11,14,19,22H,12-13,15-16H2,1H3/t19-,22-/m1/s1. The van der Waals surface area contributed by atoms with Crippen molar-refractivity contribution in [3.05, 3.63) is 87.9 Å². The zero-order valence-electron chi connectivity index (χ0n) is 16.0. The van der Waals surface area contributed by atoms with E-state index in [1.807, 2.05) is 12.1 Å². The molecule has 0 radical (unpaired) electrons. The second-order valence-corrected chi connectivity index (χ2v) is 8.28. The minimum Gasteiger partial charge on any atom is -0.466 e. The lowest BCUT2D eigenvalue weighted by Gasteiger charge is -2.34. The largest absolute Gasteiger partial charge is 0.466 e.